The Morgan fingerprint density at radius 3 is 2.57 bits per heavy atom. The van der Waals surface area contributed by atoms with Crippen LogP contribution in [0.5, 0.6) is 11.5 Å². The van der Waals surface area contributed by atoms with E-state index in [0.29, 0.717) is 59.1 Å². The molecule has 0 spiro atoms. The molecule has 0 radical (unpaired) electrons. The number of fused-ring (bicyclic) bond motifs is 1. The predicted molar refractivity (Wildman–Crippen MR) is 115 cm³/mol. The van der Waals surface area contributed by atoms with Gasteiger partial charge in [-0.1, -0.05) is 11.6 Å². The van der Waals surface area contributed by atoms with Gasteiger partial charge in [-0.05, 0) is 42.5 Å². The lowest BCUT2D eigenvalue weighted by Crippen LogP contribution is -2.52. The van der Waals surface area contributed by atoms with Gasteiger partial charge in [0.1, 0.15) is 5.69 Å². The van der Waals surface area contributed by atoms with E-state index < -0.39 is 4.92 Å². The van der Waals surface area contributed by atoms with Gasteiger partial charge in [-0.2, -0.15) is 0 Å². The highest BCUT2D eigenvalue weighted by molar-refractivity contribution is 7.80. The smallest absolute Gasteiger partial charge is 0.294 e. The van der Waals surface area contributed by atoms with Crippen LogP contribution in [-0.4, -0.2) is 53.8 Å². The molecule has 0 unspecified atom stereocenters. The fraction of sp³-hybridized carbons (Fsp3) is 0.263. The van der Waals surface area contributed by atoms with Crippen LogP contribution in [0.25, 0.3) is 0 Å². The molecule has 11 heteroatoms. The number of rotatable bonds is 3. The van der Waals surface area contributed by atoms with E-state index in [9.17, 15) is 14.9 Å². The van der Waals surface area contributed by atoms with Crippen LogP contribution in [0.4, 0.5) is 11.4 Å². The summed E-state index contributed by atoms with van der Waals surface area (Å²) in [7, 11) is 0. The largest absolute Gasteiger partial charge is 0.454 e. The van der Waals surface area contributed by atoms with Crippen LogP contribution in [0.2, 0.25) is 5.02 Å². The predicted octanol–water partition coefficient (Wildman–Crippen LogP) is 2.81. The quantitative estimate of drug-likeness (QED) is 0.435. The van der Waals surface area contributed by atoms with Gasteiger partial charge in [-0.15, -0.1) is 0 Å². The van der Waals surface area contributed by atoms with Gasteiger partial charge in [-0.3, -0.25) is 20.2 Å². The van der Waals surface area contributed by atoms with Crippen molar-refractivity contribution in [2.75, 3.05) is 37.9 Å². The zero-order chi connectivity index (χ0) is 21.3. The second-order valence-corrected chi connectivity index (χ2v) is 7.51. The van der Waals surface area contributed by atoms with Crippen molar-refractivity contribution < 1.29 is 19.2 Å². The molecule has 9 nitrogen and oxygen atoms in total. The summed E-state index contributed by atoms with van der Waals surface area (Å²) in [5.41, 5.74) is 0.894. The number of nitro groups is 1. The Labute approximate surface area is 182 Å². The van der Waals surface area contributed by atoms with Crippen LogP contribution in [0.3, 0.4) is 0 Å². The number of hydrogen-bond acceptors (Lipinski definition) is 7. The Morgan fingerprint density at radius 1 is 1.10 bits per heavy atom. The van der Waals surface area contributed by atoms with Crippen molar-refractivity contribution in [3.05, 3.63) is 57.1 Å². The van der Waals surface area contributed by atoms with Crippen molar-refractivity contribution in [1.29, 1.82) is 0 Å². The van der Waals surface area contributed by atoms with Gasteiger partial charge >= 0.3 is 0 Å². The lowest BCUT2D eigenvalue weighted by atomic mass is 10.2. The second kappa shape index (κ2) is 8.33. The SMILES string of the molecule is O=C(NC(=S)N1CCN(c2ccc(Cl)cc2[N+](=O)[O-])CC1)c1ccc2c(c1)OCO2. The van der Waals surface area contributed by atoms with E-state index in [1.165, 1.54) is 6.07 Å². The summed E-state index contributed by atoms with van der Waals surface area (Å²) in [4.78, 5) is 27.2. The van der Waals surface area contributed by atoms with Gasteiger partial charge in [0.05, 0.1) is 4.92 Å². The molecule has 30 heavy (non-hydrogen) atoms. The van der Waals surface area contributed by atoms with Gasteiger partial charge in [0.2, 0.25) is 6.79 Å². The molecule has 1 amide bonds. The van der Waals surface area contributed by atoms with E-state index in [-0.39, 0.29) is 18.4 Å². The van der Waals surface area contributed by atoms with Crippen LogP contribution in [-0.2, 0) is 0 Å². The van der Waals surface area contributed by atoms with Gasteiger partial charge in [-0.25, -0.2) is 0 Å². The molecule has 156 valence electrons. The summed E-state index contributed by atoms with van der Waals surface area (Å²) in [6.07, 6.45) is 0. The average Bonchev–Trinajstić information content (AvgIpc) is 3.21. The lowest BCUT2D eigenvalue weighted by molar-refractivity contribution is -0.384. The first kappa shape index (κ1) is 20.2. The zero-order valence-corrected chi connectivity index (χ0v) is 17.2. The van der Waals surface area contributed by atoms with Crippen LogP contribution < -0.4 is 19.7 Å². The van der Waals surface area contributed by atoms with Gasteiger partial charge in [0.15, 0.2) is 16.6 Å². The van der Waals surface area contributed by atoms with E-state index in [1.54, 1.807) is 30.3 Å². The summed E-state index contributed by atoms with van der Waals surface area (Å²) >= 11 is 11.3. The van der Waals surface area contributed by atoms with Crippen LogP contribution >= 0.6 is 23.8 Å². The van der Waals surface area contributed by atoms with E-state index in [0.717, 1.165) is 0 Å². The molecular formula is C19H17ClN4O5S. The summed E-state index contributed by atoms with van der Waals surface area (Å²) in [6, 6.07) is 9.56. The first-order valence-corrected chi connectivity index (χ1v) is 9.90. The number of amides is 1. The van der Waals surface area contributed by atoms with Gasteiger partial charge < -0.3 is 19.3 Å². The maximum Gasteiger partial charge on any atom is 0.294 e. The van der Waals surface area contributed by atoms with Crippen molar-refractivity contribution in [1.82, 2.24) is 10.2 Å². The number of hydrogen-bond donors (Lipinski definition) is 1. The molecule has 2 aliphatic heterocycles. The summed E-state index contributed by atoms with van der Waals surface area (Å²) in [6.45, 7) is 2.19. The maximum atomic E-state index is 12.5. The topological polar surface area (TPSA) is 97.2 Å². The highest BCUT2D eigenvalue weighted by Crippen LogP contribution is 2.33. The number of thiocarbonyl (C=S) groups is 1. The minimum absolute atomic E-state index is 0.0327. The fourth-order valence-corrected chi connectivity index (χ4v) is 3.79. The number of carbonyl (C=O) groups is 1. The first-order chi connectivity index (χ1) is 14.4. The maximum absolute atomic E-state index is 12.5. The third kappa shape index (κ3) is 4.10. The Morgan fingerprint density at radius 2 is 1.83 bits per heavy atom. The molecule has 0 aliphatic carbocycles. The average molecular weight is 449 g/mol. The molecule has 1 saturated heterocycles. The summed E-state index contributed by atoms with van der Waals surface area (Å²) in [5, 5.41) is 14.7. The minimum Gasteiger partial charge on any atom is -0.454 e. The molecular weight excluding hydrogens is 432 g/mol. The monoisotopic (exact) mass is 448 g/mol. The number of carbonyl (C=O) groups excluding carboxylic acids is 1. The molecule has 2 aromatic rings. The van der Waals surface area contributed by atoms with E-state index in [1.807, 2.05) is 9.80 Å². The molecule has 0 saturated carbocycles. The Hall–Kier alpha value is -3.11. The third-order valence-corrected chi connectivity index (χ3v) is 5.49. The zero-order valence-electron chi connectivity index (χ0n) is 15.7. The second-order valence-electron chi connectivity index (χ2n) is 6.69. The number of anilines is 1. The summed E-state index contributed by atoms with van der Waals surface area (Å²) < 4.78 is 10.5. The van der Waals surface area contributed by atoms with Crippen molar-refractivity contribution >= 4 is 46.2 Å². The molecule has 0 bridgehead atoms. The molecule has 1 N–H and O–H groups in total. The number of nitrogens with zero attached hydrogens (tertiary/aromatic N) is 3. The lowest BCUT2D eigenvalue weighted by Gasteiger charge is -2.37. The number of benzene rings is 2. The highest BCUT2D eigenvalue weighted by Gasteiger charge is 2.26. The molecule has 0 atom stereocenters. The number of nitrogens with one attached hydrogen (secondary N) is 1. The first-order valence-electron chi connectivity index (χ1n) is 9.11. The molecule has 0 aromatic heterocycles. The number of piperazine rings is 1. The normalized spacial score (nSPS) is 15.1. The number of ether oxygens (including phenoxy) is 2. The van der Waals surface area contributed by atoms with E-state index in [4.69, 9.17) is 33.3 Å². The minimum atomic E-state index is -0.441. The molecule has 2 aromatic carbocycles. The van der Waals surface area contributed by atoms with Gasteiger partial charge in [0.25, 0.3) is 11.6 Å². The Bertz CT molecular complexity index is 1030. The van der Waals surface area contributed by atoms with Gasteiger partial charge in [0, 0.05) is 42.8 Å². The van der Waals surface area contributed by atoms with Crippen LogP contribution in [0, 0.1) is 10.1 Å². The summed E-state index contributed by atoms with van der Waals surface area (Å²) in [5.74, 6) is 0.780. The van der Waals surface area contributed by atoms with E-state index in [2.05, 4.69) is 5.32 Å². The number of halogens is 1. The highest BCUT2D eigenvalue weighted by atomic mass is 35.5. The van der Waals surface area contributed by atoms with Crippen molar-refractivity contribution in [3.63, 3.8) is 0 Å². The van der Waals surface area contributed by atoms with Crippen molar-refractivity contribution in [2.45, 2.75) is 0 Å². The fourth-order valence-electron chi connectivity index (χ4n) is 3.35. The number of nitro benzene ring substituents is 1. The molecule has 2 heterocycles. The van der Waals surface area contributed by atoms with Crippen molar-refractivity contribution in [2.24, 2.45) is 0 Å². The molecule has 2 aliphatic rings. The van der Waals surface area contributed by atoms with Crippen LogP contribution in [0.1, 0.15) is 10.4 Å². The molecule has 1 fully saturated rings. The Balaban J connectivity index is 1.37. The molecule has 4 rings (SSSR count). The van der Waals surface area contributed by atoms with Crippen molar-refractivity contribution in [3.8, 4) is 11.5 Å². The Kier molecular flexibility index (Phi) is 5.60. The van der Waals surface area contributed by atoms with Crippen LogP contribution in [0.15, 0.2) is 36.4 Å². The van der Waals surface area contributed by atoms with E-state index >= 15 is 0 Å². The standard InChI is InChI=1S/C19H17ClN4O5S/c20-13-2-3-14(15(10-13)24(26)27)22-5-7-23(8-6-22)19(30)21-18(25)12-1-4-16-17(9-12)29-11-28-16/h1-4,9-10H,5-8,11H2,(H,21,25,30). The third-order valence-electron chi connectivity index (χ3n) is 4.90.